The number of nitrogens with zero attached hydrogens (tertiary/aromatic N) is 5. The summed E-state index contributed by atoms with van der Waals surface area (Å²) in [6.07, 6.45) is 1.46. The van der Waals surface area contributed by atoms with Crippen LogP contribution in [-0.2, 0) is 11.6 Å². The molecule has 0 saturated carbocycles. The third-order valence-electron chi connectivity index (χ3n) is 4.78. The Morgan fingerprint density at radius 3 is 1.73 bits per heavy atom. The molecule has 3 aromatic carbocycles. The topological polar surface area (TPSA) is 76.1 Å². The molecule has 6 nitrogen and oxygen atoms in total. The van der Waals surface area contributed by atoms with Crippen LogP contribution in [0.1, 0.15) is 11.6 Å². The van der Waals surface area contributed by atoms with Crippen LogP contribution in [0.5, 0.6) is 0 Å². The zero-order chi connectivity index (χ0) is 20.8. The Balaban J connectivity index is 1.84. The van der Waals surface area contributed by atoms with Crippen molar-refractivity contribution in [2.75, 3.05) is 0 Å². The number of hydrogen-bond donors (Lipinski definition) is 0. The minimum absolute atomic E-state index is 0.217. The van der Waals surface area contributed by atoms with E-state index in [0.29, 0.717) is 5.82 Å². The number of aromatic nitrogens is 3. The van der Waals surface area contributed by atoms with E-state index in [1.54, 1.807) is 7.05 Å². The van der Waals surface area contributed by atoms with Crippen LogP contribution in [0.15, 0.2) is 96.2 Å². The van der Waals surface area contributed by atoms with E-state index >= 15 is 0 Å². The lowest BCUT2D eigenvalue weighted by atomic mass is 10.3. The molecule has 0 fully saturated rings. The zero-order valence-corrected chi connectivity index (χ0v) is 17.4. The normalized spacial score (nSPS) is 11.3. The van der Waals surface area contributed by atoms with Gasteiger partial charge in [-0.25, -0.2) is 4.68 Å². The molecule has 0 N–H and O–H groups in total. The Hall–Kier alpha value is -4.02. The molecule has 7 heteroatoms. The summed E-state index contributed by atoms with van der Waals surface area (Å²) in [4.78, 5) is 4.14. The molecule has 30 heavy (non-hydrogen) atoms. The summed E-state index contributed by atoms with van der Waals surface area (Å²) < 4.78 is 7.83. The number of oxime groups is 1. The summed E-state index contributed by atoms with van der Waals surface area (Å²) in [5.74, 6) is 0.542. The van der Waals surface area contributed by atoms with Crippen LogP contribution in [0.4, 0.5) is 0 Å². The molecule has 4 aromatic rings. The molecule has 1 aromatic heterocycles. The van der Waals surface area contributed by atoms with E-state index in [1.807, 2.05) is 60.7 Å². The van der Waals surface area contributed by atoms with Crippen molar-refractivity contribution in [2.24, 2.45) is 12.2 Å². The molecule has 0 radical (unpaired) electrons. The third-order valence-corrected chi connectivity index (χ3v) is 8.60. The fourth-order valence-electron chi connectivity index (χ4n) is 3.39. The largest absolute Gasteiger partial charge is 0.438 e. The zero-order valence-electron chi connectivity index (χ0n) is 16.4. The van der Waals surface area contributed by atoms with Crippen molar-refractivity contribution >= 4 is 30.1 Å². The highest BCUT2D eigenvalue weighted by Gasteiger charge is 2.44. The van der Waals surface area contributed by atoms with Gasteiger partial charge in [0.15, 0.2) is 5.82 Å². The fraction of sp³-hybridized carbons (Fsp3) is 0.0435. The SMILES string of the molecule is Cn1nc(/C=N/O[Si](c2ccccc2)(c2ccccc2)c2ccccc2)nc1C#N. The van der Waals surface area contributed by atoms with E-state index in [9.17, 15) is 0 Å². The Morgan fingerprint density at radius 2 is 1.33 bits per heavy atom. The second-order valence-electron chi connectivity index (χ2n) is 6.63. The highest BCUT2D eigenvalue weighted by Crippen LogP contribution is 2.10. The molecule has 0 aliphatic rings. The van der Waals surface area contributed by atoms with E-state index in [0.717, 1.165) is 15.6 Å². The smallest absolute Gasteiger partial charge is 0.380 e. The molecule has 0 aliphatic heterocycles. The number of hydrogen-bond acceptors (Lipinski definition) is 5. The van der Waals surface area contributed by atoms with Crippen LogP contribution in [0.25, 0.3) is 0 Å². The van der Waals surface area contributed by atoms with Gasteiger partial charge in [-0.2, -0.15) is 10.2 Å². The molecule has 0 saturated heterocycles. The molecule has 146 valence electrons. The molecule has 0 spiro atoms. The first kappa shape index (κ1) is 19.3. The van der Waals surface area contributed by atoms with Crippen LogP contribution in [0.3, 0.4) is 0 Å². The standard InChI is InChI=1S/C23H19N5OSi/c1-28-23(17-24)26-22(27-28)18-25-29-30(19-11-5-2-6-12-19,20-13-7-3-8-14-20)21-15-9-4-10-16-21/h2-16,18H,1H3/b25-18+. The summed E-state index contributed by atoms with van der Waals surface area (Å²) in [5, 5.41) is 20.8. The molecular weight excluding hydrogens is 390 g/mol. The maximum Gasteiger partial charge on any atom is 0.380 e. The Bertz CT molecular complexity index is 1090. The van der Waals surface area contributed by atoms with Gasteiger partial charge >= 0.3 is 8.32 Å². The fourth-order valence-corrected chi connectivity index (χ4v) is 6.90. The van der Waals surface area contributed by atoms with Gasteiger partial charge in [0.1, 0.15) is 12.3 Å². The Morgan fingerprint density at radius 1 is 0.867 bits per heavy atom. The van der Waals surface area contributed by atoms with Crippen LogP contribution in [-0.4, -0.2) is 29.3 Å². The summed E-state index contributed by atoms with van der Waals surface area (Å²) >= 11 is 0. The van der Waals surface area contributed by atoms with Gasteiger partial charge in [-0.15, -0.1) is 10.3 Å². The molecular formula is C23H19N5OSi. The van der Waals surface area contributed by atoms with Crippen molar-refractivity contribution in [3.05, 3.63) is 103 Å². The molecule has 0 unspecified atom stereocenters. The van der Waals surface area contributed by atoms with Gasteiger partial charge in [-0.1, -0.05) is 91.0 Å². The molecule has 0 aliphatic carbocycles. The first-order valence-electron chi connectivity index (χ1n) is 9.43. The van der Waals surface area contributed by atoms with Gasteiger partial charge in [0, 0.05) is 7.05 Å². The maximum absolute atomic E-state index is 9.09. The highest BCUT2D eigenvalue weighted by molar-refractivity contribution is 7.07. The van der Waals surface area contributed by atoms with Gasteiger partial charge in [-0.3, -0.25) is 0 Å². The monoisotopic (exact) mass is 409 g/mol. The van der Waals surface area contributed by atoms with Crippen LogP contribution < -0.4 is 15.6 Å². The number of benzene rings is 3. The van der Waals surface area contributed by atoms with Crippen LogP contribution >= 0.6 is 0 Å². The predicted molar refractivity (Wildman–Crippen MR) is 118 cm³/mol. The van der Waals surface area contributed by atoms with Crippen molar-refractivity contribution in [2.45, 2.75) is 0 Å². The van der Waals surface area contributed by atoms with Crippen molar-refractivity contribution in [1.29, 1.82) is 5.26 Å². The van der Waals surface area contributed by atoms with Gasteiger partial charge < -0.3 is 4.53 Å². The van der Waals surface area contributed by atoms with Crippen LogP contribution in [0.2, 0.25) is 0 Å². The summed E-state index contributed by atoms with van der Waals surface area (Å²) in [7, 11) is -1.25. The molecule has 4 rings (SSSR count). The third kappa shape index (κ3) is 3.64. The van der Waals surface area contributed by atoms with E-state index in [-0.39, 0.29) is 5.82 Å². The van der Waals surface area contributed by atoms with Gasteiger partial charge in [-0.05, 0) is 15.6 Å². The van der Waals surface area contributed by atoms with E-state index in [2.05, 4.69) is 51.6 Å². The average molecular weight is 410 g/mol. The lowest BCUT2D eigenvalue weighted by molar-refractivity contribution is 0.351. The first-order chi connectivity index (χ1) is 14.7. The molecule has 0 atom stereocenters. The van der Waals surface area contributed by atoms with E-state index in [1.165, 1.54) is 10.9 Å². The molecule has 1 heterocycles. The van der Waals surface area contributed by atoms with Crippen LogP contribution in [0, 0.1) is 11.3 Å². The second-order valence-corrected chi connectivity index (χ2v) is 9.91. The number of aryl methyl sites for hydroxylation is 1. The Kier molecular flexibility index (Phi) is 5.50. The van der Waals surface area contributed by atoms with Crippen molar-refractivity contribution in [1.82, 2.24) is 14.8 Å². The van der Waals surface area contributed by atoms with Gasteiger partial charge in [0.05, 0.1) is 0 Å². The van der Waals surface area contributed by atoms with E-state index in [4.69, 9.17) is 9.79 Å². The Labute approximate surface area is 175 Å². The second kappa shape index (κ2) is 8.55. The van der Waals surface area contributed by atoms with E-state index < -0.39 is 8.32 Å². The van der Waals surface area contributed by atoms with Crippen molar-refractivity contribution < 1.29 is 4.53 Å². The quantitative estimate of drug-likeness (QED) is 0.210. The first-order valence-corrected chi connectivity index (χ1v) is 11.3. The minimum atomic E-state index is -2.92. The molecule has 0 bridgehead atoms. The minimum Gasteiger partial charge on any atom is -0.438 e. The van der Waals surface area contributed by atoms with Crippen molar-refractivity contribution in [3.63, 3.8) is 0 Å². The number of rotatable bonds is 6. The number of nitriles is 1. The lowest BCUT2D eigenvalue weighted by Crippen LogP contribution is -2.68. The van der Waals surface area contributed by atoms with Gasteiger partial charge in [0.25, 0.3) is 0 Å². The summed E-state index contributed by atoms with van der Waals surface area (Å²) in [6.45, 7) is 0. The highest BCUT2D eigenvalue weighted by atomic mass is 28.4. The van der Waals surface area contributed by atoms with Crippen molar-refractivity contribution in [3.8, 4) is 6.07 Å². The van der Waals surface area contributed by atoms with Gasteiger partial charge in [0.2, 0.25) is 5.82 Å². The lowest BCUT2D eigenvalue weighted by Gasteiger charge is -2.29. The average Bonchev–Trinajstić information content (AvgIpc) is 3.18. The summed E-state index contributed by atoms with van der Waals surface area (Å²) in [5.41, 5.74) is 0. The predicted octanol–water partition coefficient (Wildman–Crippen LogP) is 1.70. The molecule has 0 amide bonds. The maximum atomic E-state index is 9.09. The summed E-state index contributed by atoms with van der Waals surface area (Å²) in [6, 6.07) is 32.5.